The standard InChI is InChI=1S/C21H26FN3O5.ClH/c1-3-28-17-11-15(16(22)12-18(17)30-10-9-26)19(21(27)29-4-2)25-14-7-5-13(6-8-14)20(23)24;/h5-8,11-12,19,25-26H,3-4,9-10H2,1-2H3,(H3,23,24);1H. The quantitative estimate of drug-likeness (QED) is 0.233. The molecule has 31 heavy (non-hydrogen) atoms. The summed E-state index contributed by atoms with van der Waals surface area (Å²) < 4.78 is 30.9. The maximum atomic E-state index is 14.9. The topological polar surface area (TPSA) is 127 Å². The van der Waals surface area contributed by atoms with Crippen LogP contribution in [0.4, 0.5) is 10.1 Å². The summed E-state index contributed by atoms with van der Waals surface area (Å²) >= 11 is 0. The van der Waals surface area contributed by atoms with Crippen LogP contribution >= 0.6 is 12.4 Å². The highest BCUT2D eigenvalue weighted by Gasteiger charge is 2.27. The Labute approximate surface area is 186 Å². The Morgan fingerprint density at radius 1 is 1.16 bits per heavy atom. The maximum Gasteiger partial charge on any atom is 0.333 e. The molecular formula is C21H27ClFN3O5. The van der Waals surface area contributed by atoms with Crippen LogP contribution in [-0.2, 0) is 9.53 Å². The molecule has 2 aromatic carbocycles. The van der Waals surface area contributed by atoms with Crippen molar-refractivity contribution in [2.75, 3.05) is 31.7 Å². The molecule has 0 spiro atoms. The van der Waals surface area contributed by atoms with E-state index < -0.39 is 17.8 Å². The molecule has 8 nitrogen and oxygen atoms in total. The van der Waals surface area contributed by atoms with Gasteiger partial charge in [0.1, 0.15) is 18.3 Å². The average molecular weight is 456 g/mol. The third kappa shape index (κ3) is 7.01. The molecule has 170 valence electrons. The highest BCUT2D eigenvalue weighted by molar-refractivity contribution is 5.95. The Balaban J connectivity index is 0.00000480. The highest BCUT2D eigenvalue weighted by Crippen LogP contribution is 2.34. The van der Waals surface area contributed by atoms with Gasteiger partial charge in [-0.2, -0.15) is 0 Å². The summed E-state index contributed by atoms with van der Waals surface area (Å²) in [5.74, 6) is -1.09. The van der Waals surface area contributed by atoms with E-state index in [2.05, 4.69) is 5.32 Å². The first-order chi connectivity index (χ1) is 14.4. The van der Waals surface area contributed by atoms with Crippen molar-refractivity contribution in [1.82, 2.24) is 0 Å². The molecule has 5 N–H and O–H groups in total. The van der Waals surface area contributed by atoms with Crippen molar-refractivity contribution >= 4 is 29.9 Å². The third-order valence-electron chi connectivity index (χ3n) is 4.05. The van der Waals surface area contributed by atoms with Crippen LogP contribution in [0.25, 0.3) is 0 Å². The smallest absolute Gasteiger partial charge is 0.333 e. The molecule has 0 aliphatic rings. The zero-order chi connectivity index (χ0) is 22.1. The Bertz CT molecular complexity index is 880. The van der Waals surface area contributed by atoms with Gasteiger partial charge in [0.15, 0.2) is 17.5 Å². The van der Waals surface area contributed by atoms with Crippen LogP contribution in [-0.4, -0.2) is 43.3 Å². The molecule has 2 aromatic rings. The molecular weight excluding hydrogens is 429 g/mol. The van der Waals surface area contributed by atoms with Crippen LogP contribution in [0.15, 0.2) is 36.4 Å². The van der Waals surface area contributed by atoms with Gasteiger partial charge in [-0.1, -0.05) is 0 Å². The SMILES string of the molecule is CCOC(=O)C(Nc1ccc(C(=N)N)cc1)c1cc(OCC)c(OCCO)cc1F.Cl. The Kier molecular flexibility index (Phi) is 10.6. The average Bonchev–Trinajstić information content (AvgIpc) is 2.72. The lowest BCUT2D eigenvalue weighted by molar-refractivity contribution is -0.144. The molecule has 0 bridgehead atoms. The number of carbonyl (C=O) groups excluding carboxylic acids is 1. The Hall–Kier alpha value is -3.04. The lowest BCUT2D eigenvalue weighted by Crippen LogP contribution is -2.24. The minimum Gasteiger partial charge on any atom is -0.490 e. The van der Waals surface area contributed by atoms with Gasteiger partial charge < -0.3 is 30.4 Å². The van der Waals surface area contributed by atoms with E-state index in [4.69, 9.17) is 30.5 Å². The van der Waals surface area contributed by atoms with Gasteiger partial charge >= 0.3 is 5.97 Å². The first-order valence-corrected chi connectivity index (χ1v) is 9.48. The molecule has 0 saturated carbocycles. The van der Waals surface area contributed by atoms with Crippen LogP contribution in [0, 0.1) is 11.2 Å². The van der Waals surface area contributed by atoms with Crippen molar-refractivity contribution in [3.63, 3.8) is 0 Å². The number of anilines is 1. The number of ether oxygens (including phenoxy) is 3. The minimum atomic E-state index is -1.15. The molecule has 0 saturated heterocycles. The molecule has 1 unspecified atom stereocenters. The van der Waals surface area contributed by atoms with E-state index >= 15 is 0 Å². The zero-order valence-electron chi connectivity index (χ0n) is 17.3. The second-order valence-electron chi connectivity index (χ2n) is 6.15. The molecule has 10 heteroatoms. The normalized spacial score (nSPS) is 11.1. The lowest BCUT2D eigenvalue weighted by atomic mass is 10.0. The number of hydrogen-bond acceptors (Lipinski definition) is 7. The van der Waals surface area contributed by atoms with Gasteiger partial charge in [-0.05, 0) is 44.2 Å². The monoisotopic (exact) mass is 455 g/mol. The number of aliphatic hydroxyl groups is 1. The number of hydrogen-bond donors (Lipinski definition) is 4. The van der Waals surface area contributed by atoms with E-state index in [1.807, 2.05) is 0 Å². The Morgan fingerprint density at radius 2 is 1.81 bits per heavy atom. The molecule has 0 heterocycles. The molecule has 0 aliphatic carbocycles. The first kappa shape index (κ1) is 26.0. The number of nitrogen functional groups attached to an aromatic ring is 1. The number of aliphatic hydroxyl groups excluding tert-OH is 1. The summed E-state index contributed by atoms with van der Waals surface area (Å²) in [5.41, 5.74) is 6.50. The fourth-order valence-corrected chi connectivity index (χ4v) is 2.71. The molecule has 0 fully saturated rings. The summed E-state index contributed by atoms with van der Waals surface area (Å²) in [5, 5.41) is 19.4. The number of nitrogens with one attached hydrogen (secondary N) is 2. The lowest BCUT2D eigenvalue weighted by Gasteiger charge is -2.21. The Morgan fingerprint density at radius 3 is 2.35 bits per heavy atom. The maximum absolute atomic E-state index is 14.9. The number of halogens is 2. The van der Waals surface area contributed by atoms with Crippen molar-refractivity contribution < 1.29 is 28.5 Å². The molecule has 0 aromatic heterocycles. The van der Waals surface area contributed by atoms with Crippen molar-refractivity contribution in [3.8, 4) is 11.5 Å². The number of benzene rings is 2. The van der Waals surface area contributed by atoms with Gasteiger partial charge in [0.25, 0.3) is 0 Å². The summed E-state index contributed by atoms with van der Waals surface area (Å²) in [6.07, 6.45) is 0. The summed E-state index contributed by atoms with van der Waals surface area (Å²) in [6.45, 7) is 3.57. The predicted molar refractivity (Wildman–Crippen MR) is 118 cm³/mol. The second-order valence-corrected chi connectivity index (χ2v) is 6.15. The van der Waals surface area contributed by atoms with Gasteiger partial charge in [0.05, 0.1) is 19.8 Å². The van der Waals surface area contributed by atoms with E-state index in [9.17, 15) is 9.18 Å². The number of amidine groups is 1. The predicted octanol–water partition coefficient (Wildman–Crippen LogP) is 3.02. The van der Waals surface area contributed by atoms with Crippen LogP contribution < -0.4 is 20.5 Å². The van der Waals surface area contributed by atoms with E-state index in [1.165, 1.54) is 6.07 Å². The van der Waals surface area contributed by atoms with E-state index in [1.54, 1.807) is 38.1 Å². The van der Waals surface area contributed by atoms with Gasteiger partial charge in [0, 0.05) is 22.9 Å². The summed E-state index contributed by atoms with van der Waals surface area (Å²) in [7, 11) is 0. The molecule has 1 atom stereocenters. The molecule has 0 amide bonds. The molecule has 0 radical (unpaired) electrons. The van der Waals surface area contributed by atoms with E-state index in [0.29, 0.717) is 17.9 Å². The molecule has 2 rings (SSSR count). The highest BCUT2D eigenvalue weighted by atomic mass is 35.5. The van der Waals surface area contributed by atoms with Crippen LogP contribution in [0.5, 0.6) is 11.5 Å². The molecule has 0 aliphatic heterocycles. The van der Waals surface area contributed by atoms with Crippen molar-refractivity contribution in [2.24, 2.45) is 5.73 Å². The zero-order valence-corrected chi connectivity index (χ0v) is 18.1. The van der Waals surface area contributed by atoms with Crippen molar-refractivity contribution in [3.05, 3.63) is 53.3 Å². The van der Waals surface area contributed by atoms with Crippen LogP contribution in [0.3, 0.4) is 0 Å². The fraction of sp³-hybridized carbons (Fsp3) is 0.333. The van der Waals surface area contributed by atoms with Crippen molar-refractivity contribution in [1.29, 1.82) is 5.41 Å². The largest absolute Gasteiger partial charge is 0.490 e. The van der Waals surface area contributed by atoms with Crippen LogP contribution in [0.1, 0.15) is 31.0 Å². The van der Waals surface area contributed by atoms with Gasteiger partial charge in [-0.3, -0.25) is 5.41 Å². The van der Waals surface area contributed by atoms with Gasteiger partial charge in [-0.25, -0.2) is 9.18 Å². The number of rotatable bonds is 11. The van der Waals surface area contributed by atoms with E-state index in [0.717, 1.165) is 6.07 Å². The van der Waals surface area contributed by atoms with Crippen molar-refractivity contribution in [2.45, 2.75) is 19.9 Å². The van der Waals surface area contributed by atoms with E-state index in [-0.39, 0.29) is 55.1 Å². The van der Waals surface area contributed by atoms with Crippen LogP contribution in [0.2, 0.25) is 0 Å². The fourth-order valence-electron chi connectivity index (χ4n) is 2.71. The first-order valence-electron chi connectivity index (χ1n) is 9.48. The second kappa shape index (κ2) is 12.6. The van der Waals surface area contributed by atoms with Gasteiger partial charge in [-0.15, -0.1) is 12.4 Å². The number of nitrogens with two attached hydrogens (primary N) is 1. The third-order valence-corrected chi connectivity index (χ3v) is 4.05. The number of carbonyl (C=O) groups is 1. The van der Waals surface area contributed by atoms with Gasteiger partial charge in [0.2, 0.25) is 0 Å². The number of esters is 1. The summed E-state index contributed by atoms with van der Waals surface area (Å²) in [6, 6.07) is 7.82. The summed E-state index contributed by atoms with van der Waals surface area (Å²) in [4.78, 5) is 12.6. The minimum absolute atomic E-state index is 0.